The van der Waals surface area contributed by atoms with Gasteiger partial charge in [0.25, 0.3) is 0 Å². The molecule has 122 valence electrons. The minimum absolute atomic E-state index is 0.0362. The van der Waals surface area contributed by atoms with Gasteiger partial charge in [-0.1, -0.05) is 6.08 Å². The fraction of sp³-hybridized carbons (Fsp3) is 0.533. The van der Waals surface area contributed by atoms with Gasteiger partial charge in [0.15, 0.2) is 5.96 Å². The van der Waals surface area contributed by atoms with Crippen molar-refractivity contribution in [3.05, 3.63) is 28.2 Å². The molecule has 0 saturated heterocycles. The van der Waals surface area contributed by atoms with Crippen LogP contribution >= 0.6 is 11.3 Å². The van der Waals surface area contributed by atoms with Gasteiger partial charge < -0.3 is 15.5 Å². The van der Waals surface area contributed by atoms with Gasteiger partial charge in [0.1, 0.15) is 6.54 Å². The van der Waals surface area contributed by atoms with Gasteiger partial charge in [0.05, 0.1) is 10.7 Å². The summed E-state index contributed by atoms with van der Waals surface area (Å²) in [5.74, 6) is 0.575. The monoisotopic (exact) mass is 323 g/mol. The van der Waals surface area contributed by atoms with Crippen LogP contribution in [0.5, 0.6) is 0 Å². The van der Waals surface area contributed by atoms with Crippen molar-refractivity contribution in [1.82, 2.24) is 20.5 Å². The van der Waals surface area contributed by atoms with Crippen LogP contribution in [-0.4, -0.2) is 55.5 Å². The van der Waals surface area contributed by atoms with E-state index in [1.165, 1.54) is 9.78 Å². The second kappa shape index (κ2) is 9.19. The van der Waals surface area contributed by atoms with E-state index in [1.54, 1.807) is 31.5 Å². The number of carbonyl (C=O) groups excluding carboxylic acids is 1. The van der Waals surface area contributed by atoms with Crippen LogP contribution in [0.25, 0.3) is 0 Å². The fourth-order valence-corrected chi connectivity index (χ4v) is 2.50. The number of likely N-dealkylation sites (N-methyl/N-ethyl adjacent to an activating group) is 1. The maximum atomic E-state index is 11.6. The summed E-state index contributed by atoms with van der Waals surface area (Å²) >= 11 is 1.72. The number of rotatable bonds is 7. The van der Waals surface area contributed by atoms with E-state index in [1.807, 2.05) is 6.92 Å². The Balaban J connectivity index is 2.51. The number of aromatic nitrogens is 1. The number of nitrogens with zero attached hydrogens (tertiary/aromatic N) is 3. The Hall–Kier alpha value is -1.89. The average molecular weight is 323 g/mol. The molecular formula is C15H25N5OS. The van der Waals surface area contributed by atoms with Crippen LogP contribution in [0.3, 0.4) is 0 Å². The molecule has 1 heterocycles. The highest BCUT2D eigenvalue weighted by molar-refractivity contribution is 7.11. The fourth-order valence-electron chi connectivity index (χ4n) is 1.57. The van der Waals surface area contributed by atoms with E-state index in [4.69, 9.17) is 0 Å². The number of hydrogen-bond donors (Lipinski definition) is 2. The van der Waals surface area contributed by atoms with Crippen molar-refractivity contribution in [3.8, 4) is 0 Å². The van der Waals surface area contributed by atoms with Crippen molar-refractivity contribution in [2.24, 2.45) is 4.99 Å². The highest BCUT2D eigenvalue weighted by atomic mass is 32.1. The van der Waals surface area contributed by atoms with E-state index < -0.39 is 0 Å². The zero-order chi connectivity index (χ0) is 16.5. The summed E-state index contributed by atoms with van der Waals surface area (Å²) < 4.78 is 0. The van der Waals surface area contributed by atoms with Gasteiger partial charge in [-0.15, -0.1) is 17.9 Å². The summed E-state index contributed by atoms with van der Waals surface area (Å²) in [6, 6.07) is 0. The topological polar surface area (TPSA) is 69.6 Å². The summed E-state index contributed by atoms with van der Waals surface area (Å²) in [5, 5.41) is 7.42. The Morgan fingerprint density at radius 2 is 2.14 bits per heavy atom. The molecule has 0 aliphatic carbocycles. The van der Waals surface area contributed by atoms with E-state index in [9.17, 15) is 4.79 Å². The van der Waals surface area contributed by atoms with Crippen LogP contribution in [0, 0.1) is 13.8 Å². The van der Waals surface area contributed by atoms with Crippen molar-refractivity contribution >= 4 is 23.2 Å². The first-order valence-electron chi connectivity index (χ1n) is 7.20. The lowest BCUT2D eigenvalue weighted by atomic mass is 10.4. The van der Waals surface area contributed by atoms with Crippen molar-refractivity contribution in [1.29, 1.82) is 0 Å². The summed E-state index contributed by atoms with van der Waals surface area (Å²) in [6.07, 6.45) is 2.58. The lowest BCUT2D eigenvalue weighted by molar-refractivity contribution is -0.127. The smallest absolute Gasteiger partial charge is 0.243 e. The minimum Gasteiger partial charge on any atom is -0.356 e. The molecule has 22 heavy (non-hydrogen) atoms. The Morgan fingerprint density at radius 1 is 1.41 bits per heavy atom. The van der Waals surface area contributed by atoms with Gasteiger partial charge in [-0.25, -0.2) is 9.98 Å². The molecule has 0 unspecified atom stereocenters. The van der Waals surface area contributed by atoms with Gasteiger partial charge in [-0.3, -0.25) is 4.79 Å². The zero-order valence-corrected chi connectivity index (χ0v) is 14.6. The quantitative estimate of drug-likeness (QED) is 0.448. The number of aryl methyl sites for hydroxylation is 2. The molecule has 1 rings (SSSR count). The third kappa shape index (κ3) is 6.26. The second-order valence-electron chi connectivity index (χ2n) is 5.05. The molecule has 0 bridgehead atoms. The maximum Gasteiger partial charge on any atom is 0.243 e. The van der Waals surface area contributed by atoms with Crippen molar-refractivity contribution in [3.63, 3.8) is 0 Å². The molecule has 1 aromatic heterocycles. The third-order valence-corrected chi connectivity index (χ3v) is 4.12. The average Bonchev–Trinajstić information content (AvgIpc) is 2.79. The standard InChI is InChI=1S/C15H25N5OS/c1-6-8-16-15(18-10-14(21)20(4)5)17-9-7-13-19-11(2)12(3)22-13/h6H,1,7-10H2,2-5H3,(H2,16,17,18). The number of thiazole rings is 1. The van der Waals surface area contributed by atoms with Crippen LogP contribution in [-0.2, 0) is 11.2 Å². The van der Waals surface area contributed by atoms with E-state index in [0.717, 1.165) is 17.1 Å². The first kappa shape index (κ1) is 18.2. The summed E-state index contributed by atoms with van der Waals surface area (Å²) in [7, 11) is 3.44. The zero-order valence-electron chi connectivity index (χ0n) is 13.8. The van der Waals surface area contributed by atoms with E-state index in [0.29, 0.717) is 19.0 Å². The second-order valence-corrected chi connectivity index (χ2v) is 6.34. The van der Waals surface area contributed by atoms with Crippen LogP contribution in [0.4, 0.5) is 0 Å². The van der Waals surface area contributed by atoms with E-state index in [-0.39, 0.29) is 12.5 Å². The first-order valence-corrected chi connectivity index (χ1v) is 8.01. The molecule has 0 aliphatic heterocycles. The number of aliphatic imine (C=N–C) groups is 1. The number of guanidine groups is 1. The lowest BCUT2D eigenvalue weighted by Crippen LogP contribution is -2.39. The Morgan fingerprint density at radius 3 is 2.68 bits per heavy atom. The lowest BCUT2D eigenvalue weighted by Gasteiger charge is -2.12. The predicted molar refractivity (Wildman–Crippen MR) is 92.5 cm³/mol. The first-order chi connectivity index (χ1) is 10.4. The molecule has 1 amide bonds. The Bertz CT molecular complexity index is 517. The number of hydrogen-bond acceptors (Lipinski definition) is 4. The van der Waals surface area contributed by atoms with Crippen molar-refractivity contribution in [2.75, 3.05) is 33.7 Å². The van der Waals surface area contributed by atoms with Crippen LogP contribution in [0.1, 0.15) is 15.6 Å². The molecule has 0 aromatic carbocycles. The number of amides is 1. The SMILES string of the molecule is C=CCNC(=NCC(=O)N(C)C)NCCc1nc(C)c(C)s1. The highest BCUT2D eigenvalue weighted by Crippen LogP contribution is 2.16. The highest BCUT2D eigenvalue weighted by Gasteiger charge is 2.06. The maximum absolute atomic E-state index is 11.6. The summed E-state index contributed by atoms with van der Waals surface area (Å²) in [5.41, 5.74) is 1.09. The van der Waals surface area contributed by atoms with Crippen LogP contribution < -0.4 is 10.6 Å². The van der Waals surface area contributed by atoms with Crippen LogP contribution in [0.15, 0.2) is 17.6 Å². The van der Waals surface area contributed by atoms with E-state index >= 15 is 0 Å². The molecule has 0 saturated carbocycles. The number of carbonyl (C=O) groups is 1. The van der Waals surface area contributed by atoms with Gasteiger partial charge in [-0.05, 0) is 13.8 Å². The Labute approximate surface area is 136 Å². The largest absolute Gasteiger partial charge is 0.356 e. The molecule has 1 aromatic rings. The molecular weight excluding hydrogens is 298 g/mol. The van der Waals surface area contributed by atoms with Gasteiger partial charge >= 0.3 is 0 Å². The summed E-state index contributed by atoms with van der Waals surface area (Å²) in [6.45, 7) is 9.20. The molecule has 0 fully saturated rings. The molecule has 0 spiro atoms. The van der Waals surface area contributed by atoms with E-state index in [2.05, 4.69) is 34.1 Å². The van der Waals surface area contributed by atoms with Crippen molar-refractivity contribution < 1.29 is 4.79 Å². The van der Waals surface area contributed by atoms with Crippen molar-refractivity contribution in [2.45, 2.75) is 20.3 Å². The predicted octanol–water partition coefficient (Wildman–Crippen LogP) is 1.11. The normalized spacial score (nSPS) is 11.2. The van der Waals surface area contributed by atoms with Gasteiger partial charge in [-0.2, -0.15) is 0 Å². The molecule has 0 aliphatic rings. The molecule has 0 radical (unpaired) electrons. The number of nitrogens with one attached hydrogen (secondary N) is 2. The summed E-state index contributed by atoms with van der Waals surface area (Å²) in [4.78, 5) is 23.2. The Kier molecular flexibility index (Phi) is 7.59. The van der Waals surface area contributed by atoms with Crippen LogP contribution in [0.2, 0.25) is 0 Å². The molecule has 6 nitrogen and oxygen atoms in total. The molecule has 7 heteroatoms. The van der Waals surface area contributed by atoms with Gasteiger partial charge in [0.2, 0.25) is 5.91 Å². The van der Waals surface area contributed by atoms with Gasteiger partial charge in [0, 0.05) is 38.5 Å². The molecule has 0 atom stereocenters. The third-order valence-electron chi connectivity index (χ3n) is 2.99. The minimum atomic E-state index is -0.0362. The molecule has 2 N–H and O–H groups in total.